The van der Waals surface area contributed by atoms with Crippen LogP contribution in [0.4, 0.5) is 10.1 Å². The van der Waals surface area contributed by atoms with Crippen molar-refractivity contribution in [1.29, 1.82) is 0 Å². The molecule has 1 aromatic heterocycles. The minimum Gasteiger partial charge on any atom is -0.342 e. The molecule has 4 nitrogen and oxygen atoms in total. The molecule has 0 saturated heterocycles. The molecule has 27 heavy (non-hydrogen) atoms. The predicted octanol–water partition coefficient (Wildman–Crippen LogP) is 4.61. The maximum Gasteiger partial charge on any atom is 0.191 e. The molecular formula is C21H21FN4S. The third kappa shape index (κ3) is 5.01. The van der Waals surface area contributed by atoms with Gasteiger partial charge in [0.25, 0.3) is 0 Å². The van der Waals surface area contributed by atoms with Crippen molar-refractivity contribution in [2.45, 2.75) is 20.4 Å². The molecule has 3 rings (SSSR count). The standard InChI is InChI=1S/C21H21FN4S/c1-15-9-10-16(2)20(12-15)24-21(27)25-23-13-18-7-5-11-26(18)14-17-6-3-4-8-19(17)22/h3-13H,14H2,1-2H3,(H2,24,25,27)/b23-13-. The van der Waals surface area contributed by atoms with Gasteiger partial charge in [-0.25, -0.2) is 4.39 Å². The average molecular weight is 380 g/mol. The summed E-state index contributed by atoms with van der Waals surface area (Å²) in [6.45, 7) is 4.48. The van der Waals surface area contributed by atoms with E-state index in [1.807, 2.05) is 54.9 Å². The number of rotatable bonds is 5. The molecule has 6 heteroatoms. The number of nitrogens with zero attached hydrogens (tertiary/aromatic N) is 2. The van der Waals surface area contributed by atoms with Crippen LogP contribution in [-0.2, 0) is 6.54 Å². The van der Waals surface area contributed by atoms with E-state index < -0.39 is 0 Å². The Balaban J connectivity index is 1.62. The van der Waals surface area contributed by atoms with Gasteiger partial charge >= 0.3 is 0 Å². The van der Waals surface area contributed by atoms with Crippen LogP contribution >= 0.6 is 12.2 Å². The van der Waals surface area contributed by atoms with Crippen molar-refractivity contribution in [3.63, 3.8) is 0 Å². The molecule has 0 spiro atoms. The van der Waals surface area contributed by atoms with Gasteiger partial charge in [-0.05, 0) is 61.5 Å². The Bertz CT molecular complexity index is 978. The van der Waals surface area contributed by atoms with E-state index in [4.69, 9.17) is 12.2 Å². The Morgan fingerprint density at radius 1 is 1.15 bits per heavy atom. The fourth-order valence-corrected chi connectivity index (χ4v) is 2.84. The molecule has 0 saturated carbocycles. The van der Waals surface area contributed by atoms with Gasteiger partial charge in [0, 0.05) is 17.4 Å². The lowest BCUT2D eigenvalue weighted by atomic mass is 10.1. The highest BCUT2D eigenvalue weighted by atomic mass is 32.1. The van der Waals surface area contributed by atoms with Crippen LogP contribution in [0.5, 0.6) is 0 Å². The number of anilines is 1. The molecule has 3 aromatic rings. The average Bonchev–Trinajstić information content (AvgIpc) is 3.07. The summed E-state index contributed by atoms with van der Waals surface area (Å²) in [6, 6.07) is 16.7. The van der Waals surface area contributed by atoms with Gasteiger partial charge in [0.15, 0.2) is 5.11 Å². The second kappa shape index (κ2) is 8.60. The minimum atomic E-state index is -0.217. The van der Waals surface area contributed by atoms with Crippen molar-refractivity contribution in [2.24, 2.45) is 5.10 Å². The number of halogens is 1. The number of benzene rings is 2. The smallest absolute Gasteiger partial charge is 0.191 e. The zero-order valence-corrected chi connectivity index (χ0v) is 16.1. The van der Waals surface area contributed by atoms with Gasteiger partial charge in [-0.15, -0.1) is 0 Å². The number of hydrazone groups is 1. The highest BCUT2D eigenvalue weighted by Gasteiger charge is 2.04. The normalized spacial score (nSPS) is 10.9. The lowest BCUT2D eigenvalue weighted by Gasteiger charge is -2.11. The fraction of sp³-hybridized carbons (Fsp3) is 0.143. The molecule has 0 radical (unpaired) electrons. The third-order valence-corrected chi connectivity index (χ3v) is 4.36. The summed E-state index contributed by atoms with van der Waals surface area (Å²) in [6.07, 6.45) is 3.55. The molecule has 1 heterocycles. The fourth-order valence-electron chi connectivity index (χ4n) is 2.68. The zero-order chi connectivity index (χ0) is 19.2. The number of aryl methyl sites for hydroxylation is 2. The maximum atomic E-state index is 13.9. The predicted molar refractivity (Wildman–Crippen MR) is 113 cm³/mol. The van der Waals surface area contributed by atoms with Crippen LogP contribution in [0.1, 0.15) is 22.4 Å². The van der Waals surface area contributed by atoms with Crippen LogP contribution in [-0.4, -0.2) is 15.9 Å². The van der Waals surface area contributed by atoms with Crippen LogP contribution in [0.2, 0.25) is 0 Å². The van der Waals surface area contributed by atoms with Gasteiger partial charge < -0.3 is 9.88 Å². The third-order valence-electron chi connectivity index (χ3n) is 4.17. The second-order valence-corrected chi connectivity index (χ2v) is 6.70. The second-order valence-electron chi connectivity index (χ2n) is 6.29. The molecule has 0 aliphatic heterocycles. The van der Waals surface area contributed by atoms with Crippen LogP contribution in [0.15, 0.2) is 65.9 Å². The van der Waals surface area contributed by atoms with Crippen LogP contribution in [0, 0.1) is 19.7 Å². The molecule has 0 atom stereocenters. The molecule has 0 aliphatic carbocycles. The topological polar surface area (TPSA) is 41.4 Å². The van der Waals surface area contributed by atoms with Crippen molar-refractivity contribution in [3.05, 3.63) is 89.0 Å². The summed E-state index contributed by atoms with van der Waals surface area (Å²) in [5.41, 5.74) is 7.50. The van der Waals surface area contributed by atoms with E-state index in [1.165, 1.54) is 6.07 Å². The Labute approximate surface area is 163 Å². The quantitative estimate of drug-likeness (QED) is 0.386. The first-order chi connectivity index (χ1) is 13.0. The van der Waals surface area contributed by atoms with Crippen molar-refractivity contribution >= 4 is 29.2 Å². The highest BCUT2D eigenvalue weighted by molar-refractivity contribution is 7.80. The van der Waals surface area contributed by atoms with Crippen molar-refractivity contribution in [1.82, 2.24) is 9.99 Å². The van der Waals surface area contributed by atoms with Crippen LogP contribution < -0.4 is 10.7 Å². The summed E-state index contributed by atoms with van der Waals surface area (Å²) < 4.78 is 15.8. The van der Waals surface area contributed by atoms with E-state index in [2.05, 4.69) is 21.9 Å². The first kappa shape index (κ1) is 18.8. The largest absolute Gasteiger partial charge is 0.342 e. The van der Waals surface area contributed by atoms with Gasteiger partial charge in [-0.1, -0.05) is 30.3 Å². The summed E-state index contributed by atoms with van der Waals surface area (Å²) >= 11 is 5.30. The van der Waals surface area contributed by atoms with Crippen LogP contribution in [0.3, 0.4) is 0 Å². The van der Waals surface area contributed by atoms with Crippen molar-refractivity contribution in [2.75, 3.05) is 5.32 Å². The monoisotopic (exact) mass is 380 g/mol. The van der Waals surface area contributed by atoms with Gasteiger partial charge in [-0.3, -0.25) is 5.43 Å². The Morgan fingerprint density at radius 2 is 1.96 bits per heavy atom. The van der Waals surface area contributed by atoms with E-state index in [0.29, 0.717) is 17.2 Å². The number of thiocarbonyl (C=S) groups is 1. The number of hydrogen-bond donors (Lipinski definition) is 2. The summed E-state index contributed by atoms with van der Waals surface area (Å²) in [5.74, 6) is -0.217. The van der Waals surface area contributed by atoms with Gasteiger partial charge in [0.2, 0.25) is 0 Å². The first-order valence-corrected chi connectivity index (χ1v) is 8.99. The first-order valence-electron chi connectivity index (χ1n) is 8.59. The van der Waals surface area contributed by atoms with Gasteiger partial charge in [0.1, 0.15) is 5.82 Å². The lowest BCUT2D eigenvalue weighted by molar-refractivity contribution is 0.599. The molecular weight excluding hydrogens is 359 g/mol. The lowest BCUT2D eigenvalue weighted by Crippen LogP contribution is -2.24. The van der Waals surface area contributed by atoms with Gasteiger partial charge in [0.05, 0.1) is 18.5 Å². The molecule has 2 N–H and O–H groups in total. The number of aromatic nitrogens is 1. The highest BCUT2D eigenvalue weighted by Crippen LogP contribution is 2.16. The van der Waals surface area contributed by atoms with E-state index in [-0.39, 0.29) is 5.82 Å². The van der Waals surface area contributed by atoms with E-state index >= 15 is 0 Å². The van der Waals surface area contributed by atoms with E-state index in [9.17, 15) is 4.39 Å². The summed E-state index contributed by atoms with van der Waals surface area (Å²) in [5, 5.41) is 7.75. The Kier molecular flexibility index (Phi) is 5.98. The number of hydrogen-bond acceptors (Lipinski definition) is 2. The molecule has 0 amide bonds. The summed E-state index contributed by atoms with van der Waals surface area (Å²) in [4.78, 5) is 0. The van der Waals surface area contributed by atoms with Crippen molar-refractivity contribution in [3.8, 4) is 0 Å². The van der Waals surface area contributed by atoms with Gasteiger partial charge in [-0.2, -0.15) is 5.10 Å². The maximum absolute atomic E-state index is 13.9. The van der Waals surface area contributed by atoms with Crippen LogP contribution in [0.25, 0.3) is 0 Å². The summed E-state index contributed by atoms with van der Waals surface area (Å²) in [7, 11) is 0. The molecule has 2 aromatic carbocycles. The molecule has 138 valence electrons. The molecule has 0 aliphatic rings. The van der Waals surface area contributed by atoms with E-state index in [1.54, 1.807) is 18.3 Å². The number of nitrogens with one attached hydrogen (secondary N) is 2. The Morgan fingerprint density at radius 3 is 2.78 bits per heavy atom. The minimum absolute atomic E-state index is 0.217. The zero-order valence-electron chi connectivity index (χ0n) is 15.2. The molecule has 0 unspecified atom stereocenters. The molecule has 0 bridgehead atoms. The van der Waals surface area contributed by atoms with Crippen molar-refractivity contribution < 1.29 is 4.39 Å². The SMILES string of the molecule is Cc1ccc(C)c(NC(=S)N/N=C\c2cccn2Cc2ccccc2F)c1. The Hall–Kier alpha value is -2.99. The molecule has 0 fully saturated rings. The van der Waals surface area contributed by atoms with E-state index in [0.717, 1.165) is 22.5 Å².